The molecule has 0 fully saturated rings. The first-order valence-electron chi connectivity index (χ1n) is 14.6. The molecule has 6 rings (SSSR count). The van der Waals surface area contributed by atoms with Gasteiger partial charge in [0.1, 0.15) is 24.1 Å². The number of unbranched alkanes of at least 4 members (excludes halogenated alkanes) is 1. The summed E-state index contributed by atoms with van der Waals surface area (Å²) < 4.78 is 13.5. The van der Waals surface area contributed by atoms with Crippen molar-refractivity contribution < 1.29 is 19.1 Å². The Kier molecular flexibility index (Phi) is 7.88. The Hall–Kier alpha value is -5.04. The van der Waals surface area contributed by atoms with Gasteiger partial charge in [-0.2, -0.15) is 0 Å². The Morgan fingerprint density at radius 2 is 1.60 bits per heavy atom. The van der Waals surface area contributed by atoms with Crippen LogP contribution in [-0.4, -0.2) is 48.6 Å². The van der Waals surface area contributed by atoms with Crippen LogP contribution in [0.2, 0.25) is 0 Å². The van der Waals surface area contributed by atoms with Crippen LogP contribution in [0.25, 0.3) is 16.5 Å². The first-order chi connectivity index (χ1) is 21.0. The zero-order valence-electron chi connectivity index (χ0n) is 24.7. The number of ether oxygens (including phenoxy) is 2. The van der Waals surface area contributed by atoms with Crippen molar-refractivity contribution in [2.75, 3.05) is 32.2 Å². The van der Waals surface area contributed by atoms with Gasteiger partial charge in [-0.1, -0.05) is 61.9 Å². The van der Waals surface area contributed by atoms with Gasteiger partial charge in [0, 0.05) is 23.9 Å². The molecule has 43 heavy (non-hydrogen) atoms. The lowest BCUT2D eigenvalue weighted by atomic mass is 9.96. The molecule has 1 unspecified atom stereocenters. The van der Waals surface area contributed by atoms with Crippen LogP contribution >= 0.6 is 0 Å². The van der Waals surface area contributed by atoms with E-state index in [1.165, 1.54) is 0 Å². The van der Waals surface area contributed by atoms with E-state index in [0.717, 1.165) is 46.2 Å². The summed E-state index contributed by atoms with van der Waals surface area (Å²) in [6.45, 7) is 2.49. The summed E-state index contributed by atoms with van der Waals surface area (Å²) in [5, 5.41) is 1.87. The van der Waals surface area contributed by atoms with Crippen molar-refractivity contribution in [3.63, 3.8) is 0 Å². The van der Waals surface area contributed by atoms with E-state index in [4.69, 9.17) is 9.47 Å². The zero-order valence-corrected chi connectivity index (χ0v) is 24.7. The van der Waals surface area contributed by atoms with E-state index in [2.05, 4.69) is 11.5 Å². The third-order valence-corrected chi connectivity index (χ3v) is 8.13. The summed E-state index contributed by atoms with van der Waals surface area (Å²) in [5.74, 6) is 0.975. The van der Waals surface area contributed by atoms with Crippen LogP contribution < -0.4 is 14.4 Å². The quantitative estimate of drug-likeness (QED) is 0.190. The lowest BCUT2D eigenvalue weighted by Gasteiger charge is -2.40. The first kappa shape index (κ1) is 28.1. The van der Waals surface area contributed by atoms with Crippen molar-refractivity contribution in [2.24, 2.45) is 0 Å². The number of anilines is 1. The van der Waals surface area contributed by atoms with Gasteiger partial charge in [-0.3, -0.25) is 14.5 Å². The molecule has 0 spiro atoms. The molecule has 0 N–H and O–H groups in total. The minimum atomic E-state index is -0.511. The number of para-hydroxylation sites is 2. The average Bonchev–Trinajstić information content (AvgIpc) is 3.55. The van der Waals surface area contributed by atoms with E-state index in [-0.39, 0.29) is 18.4 Å². The largest absolute Gasteiger partial charge is 0.497 e. The highest BCUT2D eigenvalue weighted by Gasteiger charge is 2.38. The third-order valence-electron chi connectivity index (χ3n) is 8.13. The molecule has 7 nitrogen and oxygen atoms in total. The number of nitrogens with zero attached hydrogens (tertiary/aromatic N) is 3. The number of benzene rings is 4. The molecule has 1 aliphatic rings. The number of hydrogen-bond acceptors (Lipinski definition) is 4. The van der Waals surface area contributed by atoms with Gasteiger partial charge in [-0.25, -0.2) is 0 Å². The Balaban J connectivity index is 1.45. The minimum Gasteiger partial charge on any atom is -0.497 e. The standard InChI is InChI=1S/C36H35N3O4/c1-4-5-21-37(36(41)28-15-10-13-25-12-6-7-14-27(25)28)24-34(40)39-31-17-9-8-16-30(31)38-22-11-18-32(38)35(39)29-23-26(42-2)19-20-33(29)43-3/h6-20,22-23,35H,4-5,21,24H2,1-3H3. The highest BCUT2D eigenvalue weighted by atomic mass is 16.5. The topological polar surface area (TPSA) is 64.0 Å². The van der Waals surface area contributed by atoms with Crippen LogP contribution in [0.5, 0.6) is 11.5 Å². The van der Waals surface area contributed by atoms with Crippen molar-refractivity contribution in [1.29, 1.82) is 0 Å². The summed E-state index contributed by atoms with van der Waals surface area (Å²) in [6.07, 6.45) is 3.70. The van der Waals surface area contributed by atoms with E-state index in [9.17, 15) is 9.59 Å². The smallest absolute Gasteiger partial charge is 0.254 e. The molecule has 2 amide bonds. The monoisotopic (exact) mass is 573 g/mol. The molecule has 4 aromatic carbocycles. The van der Waals surface area contributed by atoms with Gasteiger partial charge >= 0.3 is 0 Å². The number of carbonyl (C=O) groups is 2. The third kappa shape index (κ3) is 5.12. The fourth-order valence-corrected chi connectivity index (χ4v) is 6.03. The number of methoxy groups -OCH3 is 2. The van der Waals surface area contributed by atoms with Crippen LogP contribution in [0.15, 0.2) is 103 Å². The number of rotatable bonds is 9. The molecule has 1 aliphatic heterocycles. The molecule has 1 atom stereocenters. The fraction of sp³-hybridized carbons (Fsp3) is 0.222. The molecule has 0 saturated carbocycles. The van der Waals surface area contributed by atoms with E-state index in [0.29, 0.717) is 23.6 Å². The maximum absolute atomic E-state index is 14.7. The second-order valence-corrected chi connectivity index (χ2v) is 10.7. The van der Waals surface area contributed by atoms with E-state index < -0.39 is 6.04 Å². The summed E-state index contributed by atoms with van der Waals surface area (Å²) >= 11 is 0. The Labute approximate surface area is 251 Å². The molecule has 0 saturated heterocycles. The van der Waals surface area contributed by atoms with Crippen molar-refractivity contribution in [3.8, 4) is 17.2 Å². The van der Waals surface area contributed by atoms with Crippen molar-refractivity contribution in [1.82, 2.24) is 9.47 Å². The summed E-state index contributed by atoms with van der Waals surface area (Å²) in [7, 11) is 3.25. The minimum absolute atomic E-state index is 0.0696. The highest BCUT2D eigenvalue weighted by Crippen LogP contribution is 2.45. The molecule has 0 aliphatic carbocycles. The lowest BCUT2D eigenvalue weighted by molar-refractivity contribution is -0.119. The predicted molar refractivity (Wildman–Crippen MR) is 169 cm³/mol. The van der Waals surface area contributed by atoms with Crippen LogP contribution in [0, 0.1) is 0 Å². The summed E-state index contributed by atoms with van der Waals surface area (Å²) in [4.78, 5) is 32.3. The average molecular weight is 574 g/mol. The first-order valence-corrected chi connectivity index (χ1v) is 14.6. The molecule has 2 heterocycles. The second kappa shape index (κ2) is 12.1. The lowest BCUT2D eigenvalue weighted by Crippen LogP contribution is -2.47. The van der Waals surface area contributed by atoms with Crippen LogP contribution in [-0.2, 0) is 4.79 Å². The van der Waals surface area contributed by atoms with Crippen molar-refractivity contribution in [3.05, 3.63) is 120 Å². The summed E-state index contributed by atoms with van der Waals surface area (Å²) in [5.41, 5.74) is 3.97. The Morgan fingerprint density at radius 3 is 2.40 bits per heavy atom. The second-order valence-electron chi connectivity index (χ2n) is 10.7. The number of fused-ring (bicyclic) bond motifs is 4. The van der Waals surface area contributed by atoms with E-state index >= 15 is 0 Å². The van der Waals surface area contributed by atoms with Gasteiger partial charge in [-0.15, -0.1) is 0 Å². The van der Waals surface area contributed by atoms with Crippen LogP contribution in [0.1, 0.15) is 47.4 Å². The van der Waals surface area contributed by atoms with Gasteiger partial charge in [-0.05, 0) is 65.7 Å². The van der Waals surface area contributed by atoms with Crippen LogP contribution in [0.3, 0.4) is 0 Å². The van der Waals surface area contributed by atoms with Gasteiger partial charge in [0.05, 0.1) is 31.3 Å². The molecule has 1 aromatic heterocycles. The SMILES string of the molecule is CCCCN(CC(=O)N1c2ccccc2-n2cccc2C1c1cc(OC)ccc1OC)C(=O)c1cccc2ccccc12. The number of carbonyl (C=O) groups excluding carboxylic acids is 2. The highest BCUT2D eigenvalue weighted by molar-refractivity contribution is 6.09. The number of hydrogen-bond donors (Lipinski definition) is 0. The van der Waals surface area contributed by atoms with E-state index in [1.54, 1.807) is 19.1 Å². The maximum Gasteiger partial charge on any atom is 0.254 e. The Bertz CT molecular complexity index is 1790. The van der Waals surface area contributed by atoms with Crippen molar-refractivity contribution in [2.45, 2.75) is 25.8 Å². The molecule has 218 valence electrons. The van der Waals surface area contributed by atoms with Crippen LogP contribution in [0.4, 0.5) is 5.69 Å². The molecule has 0 radical (unpaired) electrons. The van der Waals surface area contributed by atoms with Crippen molar-refractivity contribution >= 4 is 28.3 Å². The predicted octanol–water partition coefficient (Wildman–Crippen LogP) is 7.03. The number of amides is 2. The maximum atomic E-state index is 14.7. The van der Waals surface area contributed by atoms with Gasteiger partial charge in [0.2, 0.25) is 5.91 Å². The van der Waals surface area contributed by atoms with Gasteiger partial charge < -0.3 is 18.9 Å². The van der Waals surface area contributed by atoms with E-state index in [1.807, 2.05) is 108 Å². The molecule has 5 aromatic rings. The summed E-state index contributed by atoms with van der Waals surface area (Å²) in [6, 6.07) is 30.6. The van der Waals surface area contributed by atoms with Gasteiger partial charge in [0.15, 0.2) is 0 Å². The molecular formula is C36H35N3O4. The van der Waals surface area contributed by atoms with Gasteiger partial charge in [0.25, 0.3) is 5.91 Å². The normalized spacial score (nSPS) is 13.7. The molecule has 7 heteroatoms. The molecular weight excluding hydrogens is 538 g/mol. The number of aromatic nitrogens is 1. The zero-order chi connectivity index (χ0) is 29.9. The Morgan fingerprint density at radius 1 is 0.837 bits per heavy atom. The molecule has 0 bridgehead atoms. The fourth-order valence-electron chi connectivity index (χ4n) is 6.03.